The molecule has 4 heteroatoms. The van der Waals surface area contributed by atoms with E-state index in [-0.39, 0.29) is 11.7 Å². The van der Waals surface area contributed by atoms with Gasteiger partial charge in [-0.25, -0.2) is 4.79 Å². The van der Waals surface area contributed by atoms with Crippen LogP contribution < -0.4 is 16.3 Å². The maximum Gasteiger partial charge on any atom is 0.361 e. The van der Waals surface area contributed by atoms with Gasteiger partial charge in [-0.1, -0.05) is 42.5 Å². The first kappa shape index (κ1) is 14.2. The fraction of sp³-hybridized carbons (Fsp3) is 0.167. The number of nitrogens with two attached hydrogens (primary N) is 1. The van der Waals surface area contributed by atoms with Gasteiger partial charge in [0.15, 0.2) is 0 Å². The summed E-state index contributed by atoms with van der Waals surface area (Å²) in [6.45, 7) is 2.08. The van der Waals surface area contributed by atoms with Crippen LogP contribution >= 0.6 is 0 Å². The van der Waals surface area contributed by atoms with Crippen molar-refractivity contribution in [2.24, 2.45) is 0 Å². The third-order valence-electron chi connectivity index (χ3n) is 4.04. The Morgan fingerprint density at radius 2 is 1.68 bits per heavy atom. The third kappa shape index (κ3) is 2.33. The molecule has 1 heterocycles. The van der Waals surface area contributed by atoms with E-state index in [0.717, 1.165) is 10.9 Å². The maximum absolute atomic E-state index is 12.0. The second-order valence-corrected chi connectivity index (χ2v) is 5.35. The van der Waals surface area contributed by atoms with Gasteiger partial charge >= 0.3 is 5.63 Å². The van der Waals surface area contributed by atoms with Crippen molar-refractivity contribution in [1.82, 2.24) is 0 Å². The van der Waals surface area contributed by atoms with Crippen LogP contribution in [-0.2, 0) is 0 Å². The van der Waals surface area contributed by atoms with Crippen LogP contribution in [0.1, 0.15) is 18.5 Å². The van der Waals surface area contributed by atoms with Gasteiger partial charge in [0.1, 0.15) is 11.3 Å². The molecule has 0 bridgehead atoms. The molecule has 3 aromatic rings. The van der Waals surface area contributed by atoms with Gasteiger partial charge in [0.05, 0.1) is 11.7 Å². The molecule has 3 rings (SSSR count). The van der Waals surface area contributed by atoms with Crippen molar-refractivity contribution in [3.05, 3.63) is 70.6 Å². The first-order valence-electron chi connectivity index (χ1n) is 7.18. The average Bonchev–Trinajstić information content (AvgIpc) is 2.55. The summed E-state index contributed by atoms with van der Waals surface area (Å²) in [7, 11) is 1.94. The molecule has 1 aromatic heterocycles. The monoisotopic (exact) mass is 294 g/mol. The van der Waals surface area contributed by atoms with E-state index in [4.69, 9.17) is 10.2 Å². The lowest BCUT2D eigenvalue weighted by Crippen LogP contribution is -2.25. The molecule has 2 N–H and O–H groups in total. The van der Waals surface area contributed by atoms with Crippen molar-refractivity contribution in [3.8, 4) is 0 Å². The Bertz CT molecular complexity index is 856. The van der Waals surface area contributed by atoms with Crippen molar-refractivity contribution in [1.29, 1.82) is 0 Å². The highest BCUT2D eigenvalue weighted by molar-refractivity contribution is 5.96. The van der Waals surface area contributed by atoms with E-state index in [9.17, 15) is 4.79 Å². The van der Waals surface area contributed by atoms with Crippen LogP contribution in [0.3, 0.4) is 0 Å². The van der Waals surface area contributed by atoms with Crippen molar-refractivity contribution in [2.45, 2.75) is 13.0 Å². The van der Waals surface area contributed by atoms with Gasteiger partial charge in [0, 0.05) is 12.4 Å². The summed E-state index contributed by atoms with van der Waals surface area (Å²) in [6, 6.07) is 17.6. The molecule has 112 valence electrons. The summed E-state index contributed by atoms with van der Waals surface area (Å²) in [5.74, 6) is 0. The standard InChI is InChI=1S/C18H18N2O2/c1-12(13-8-4-3-5-9-13)20(2)17-14-10-6-7-11-15(14)22-18(21)16(17)19/h3-12H,19H2,1-2H3. The van der Waals surface area contributed by atoms with Crippen LogP contribution in [0.15, 0.2) is 63.8 Å². The Balaban J connectivity index is 2.17. The van der Waals surface area contributed by atoms with Gasteiger partial charge in [0.25, 0.3) is 0 Å². The van der Waals surface area contributed by atoms with Crippen LogP contribution in [0.4, 0.5) is 11.4 Å². The van der Waals surface area contributed by atoms with Crippen LogP contribution in [0.25, 0.3) is 11.0 Å². The third-order valence-corrected chi connectivity index (χ3v) is 4.04. The zero-order valence-electron chi connectivity index (χ0n) is 12.6. The number of para-hydroxylation sites is 1. The molecule has 0 aliphatic rings. The second-order valence-electron chi connectivity index (χ2n) is 5.35. The van der Waals surface area contributed by atoms with E-state index in [1.807, 2.05) is 48.3 Å². The van der Waals surface area contributed by atoms with Crippen LogP contribution in [0.5, 0.6) is 0 Å². The zero-order chi connectivity index (χ0) is 15.7. The lowest BCUT2D eigenvalue weighted by molar-refractivity contribution is 0.563. The van der Waals surface area contributed by atoms with Gasteiger partial charge in [-0.05, 0) is 24.6 Å². The van der Waals surface area contributed by atoms with Crippen LogP contribution in [0, 0.1) is 0 Å². The number of hydrogen-bond donors (Lipinski definition) is 1. The van der Waals surface area contributed by atoms with Gasteiger partial charge in [-0.15, -0.1) is 0 Å². The van der Waals surface area contributed by atoms with Gasteiger partial charge < -0.3 is 15.1 Å². The molecule has 0 aliphatic heterocycles. The molecule has 22 heavy (non-hydrogen) atoms. The number of nitrogen functional groups attached to an aromatic ring is 1. The SMILES string of the molecule is CC(c1ccccc1)N(C)c1c(N)c(=O)oc2ccccc12. The minimum atomic E-state index is -0.499. The fourth-order valence-electron chi connectivity index (χ4n) is 2.68. The Kier molecular flexibility index (Phi) is 3.59. The largest absolute Gasteiger partial charge is 0.421 e. The lowest BCUT2D eigenvalue weighted by atomic mass is 10.1. The summed E-state index contributed by atoms with van der Waals surface area (Å²) < 4.78 is 5.26. The smallest absolute Gasteiger partial charge is 0.361 e. The highest BCUT2D eigenvalue weighted by Gasteiger charge is 2.20. The predicted molar refractivity (Wildman–Crippen MR) is 90.2 cm³/mol. The molecular formula is C18H18N2O2. The second kappa shape index (κ2) is 5.56. The molecule has 0 saturated heterocycles. The molecule has 0 amide bonds. The Hall–Kier alpha value is -2.75. The summed E-state index contributed by atoms with van der Waals surface area (Å²) >= 11 is 0. The normalized spacial score (nSPS) is 12.3. The topological polar surface area (TPSA) is 59.5 Å². The van der Waals surface area contributed by atoms with Gasteiger partial charge in [-0.2, -0.15) is 0 Å². The summed E-state index contributed by atoms with van der Waals surface area (Å²) in [5, 5.41) is 0.838. The summed E-state index contributed by atoms with van der Waals surface area (Å²) in [4.78, 5) is 14.0. The summed E-state index contributed by atoms with van der Waals surface area (Å²) in [5.41, 5.74) is 8.07. The fourth-order valence-corrected chi connectivity index (χ4v) is 2.68. The van der Waals surface area contributed by atoms with Gasteiger partial charge in [-0.3, -0.25) is 0 Å². The number of rotatable bonds is 3. The minimum Gasteiger partial charge on any atom is -0.421 e. The van der Waals surface area contributed by atoms with Gasteiger partial charge in [0.2, 0.25) is 0 Å². The Morgan fingerprint density at radius 1 is 1.05 bits per heavy atom. The molecule has 0 spiro atoms. The predicted octanol–water partition coefficient (Wildman–Crippen LogP) is 3.57. The molecule has 0 saturated carbocycles. The van der Waals surface area contributed by atoms with E-state index in [2.05, 4.69) is 19.1 Å². The number of fused-ring (bicyclic) bond motifs is 1. The highest BCUT2D eigenvalue weighted by atomic mass is 16.4. The minimum absolute atomic E-state index is 0.0775. The van der Waals surface area contributed by atoms with Crippen molar-refractivity contribution in [2.75, 3.05) is 17.7 Å². The molecule has 0 fully saturated rings. The van der Waals surface area contributed by atoms with E-state index < -0.39 is 5.63 Å². The number of nitrogens with zero attached hydrogens (tertiary/aromatic N) is 1. The molecule has 1 atom stereocenters. The summed E-state index contributed by atoms with van der Waals surface area (Å²) in [6.07, 6.45) is 0. The molecule has 0 radical (unpaired) electrons. The van der Waals surface area contributed by atoms with Crippen LogP contribution in [-0.4, -0.2) is 7.05 Å². The number of benzene rings is 2. The van der Waals surface area contributed by atoms with Crippen LogP contribution in [0.2, 0.25) is 0 Å². The number of anilines is 2. The molecule has 0 aliphatic carbocycles. The lowest BCUT2D eigenvalue weighted by Gasteiger charge is -2.29. The molecule has 2 aromatic carbocycles. The first-order valence-corrected chi connectivity index (χ1v) is 7.18. The van der Waals surface area contributed by atoms with Crippen molar-refractivity contribution in [3.63, 3.8) is 0 Å². The quantitative estimate of drug-likeness (QED) is 0.750. The first-order chi connectivity index (χ1) is 10.6. The Morgan fingerprint density at radius 3 is 2.41 bits per heavy atom. The highest BCUT2D eigenvalue weighted by Crippen LogP contribution is 2.34. The van der Waals surface area contributed by atoms with E-state index >= 15 is 0 Å². The zero-order valence-corrected chi connectivity index (χ0v) is 12.6. The van der Waals surface area contributed by atoms with E-state index in [1.165, 1.54) is 0 Å². The Labute approximate surface area is 128 Å². The molecular weight excluding hydrogens is 276 g/mol. The molecule has 4 nitrogen and oxygen atoms in total. The van der Waals surface area contributed by atoms with E-state index in [0.29, 0.717) is 11.3 Å². The van der Waals surface area contributed by atoms with Crippen molar-refractivity contribution >= 4 is 22.3 Å². The molecule has 1 unspecified atom stereocenters. The van der Waals surface area contributed by atoms with E-state index in [1.54, 1.807) is 6.07 Å². The maximum atomic E-state index is 12.0. The van der Waals surface area contributed by atoms with Crippen molar-refractivity contribution < 1.29 is 4.42 Å². The number of hydrogen-bond acceptors (Lipinski definition) is 4. The average molecular weight is 294 g/mol.